The smallest absolute Gasteiger partial charge is 0.222 e. The van der Waals surface area contributed by atoms with E-state index < -0.39 is 123 Å². The molecule has 7 amide bonds. The van der Waals surface area contributed by atoms with Crippen molar-refractivity contribution in [2.75, 3.05) is 244 Å². The summed E-state index contributed by atoms with van der Waals surface area (Å²) >= 11 is 0. The van der Waals surface area contributed by atoms with Crippen molar-refractivity contribution in [1.82, 2.24) is 82.2 Å². The molecule has 19 N–H and O–H groups in total. The highest BCUT2D eigenvalue weighted by Crippen LogP contribution is 2.25. The molecular weight excluding hydrogens is 1880 g/mol. The SMILES string of the molecule is [N-]=[N+]=NCCCCCC(=O)NC(COCCC(=O)NCCCNC(=O)CCc1cn(CCOCCOCCOCCO[C@H]2OC(CO)[C@@H](O)C(O)C2O)nn1)(COCCC(=O)NCCCNC(=O)CCc1cn(CCOCCOCCOCCO[C@H]2OC(CO)[C@@H](O)C(O)C2O)nn1)COCCC(=O)NCCCNC(=O)CCc1cn(CCOCCOCCOCCO[C@H]2OC(CO)[C@@H](O)C(O)C2O)nn1. The number of carbonyl (C=O) groups excluding carboxylic acids is 7. The minimum atomic E-state index is -1.54. The molecule has 15 atom stereocenters. The number of carbonyl (C=O) groups is 7. The number of hydrogen-bond donors (Lipinski definition) is 19. The van der Waals surface area contributed by atoms with E-state index in [-0.39, 0.29) is 245 Å². The van der Waals surface area contributed by atoms with Gasteiger partial charge in [-0.25, -0.2) is 14.0 Å². The number of aliphatic hydroxyl groups is 12. The monoisotopic (exact) mass is 2030 g/mol. The molecule has 0 spiro atoms. The summed E-state index contributed by atoms with van der Waals surface area (Å²) in [5, 5.41) is 166. The Labute approximate surface area is 815 Å². The van der Waals surface area contributed by atoms with Gasteiger partial charge >= 0.3 is 0 Å². The molecule has 6 rings (SSSR count). The zero-order chi connectivity index (χ0) is 102. The number of unbranched alkanes of at least 4 members (excludes halogenated alkanes) is 2. The van der Waals surface area contributed by atoms with Crippen molar-refractivity contribution in [3.8, 4) is 0 Å². The van der Waals surface area contributed by atoms with Gasteiger partial charge in [-0.05, 0) is 37.6 Å². The molecule has 6 heterocycles. The van der Waals surface area contributed by atoms with Gasteiger partial charge < -0.3 is 184 Å². The number of nitrogens with one attached hydrogen (secondary N) is 7. The molecule has 806 valence electrons. The fourth-order valence-corrected chi connectivity index (χ4v) is 13.5. The molecule has 9 unspecified atom stereocenters. The number of rotatable bonds is 85. The van der Waals surface area contributed by atoms with Crippen LogP contribution >= 0.6 is 0 Å². The minimum Gasteiger partial charge on any atom is -0.394 e. The molecule has 0 radical (unpaired) electrons. The van der Waals surface area contributed by atoms with Crippen LogP contribution in [0.4, 0.5) is 0 Å². The van der Waals surface area contributed by atoms with Gasteiger partial charge in [-0.3, -0.25) is 33.6 Å². The second-order valence-electron chi connectivity index (χ2n) is 32.8. The van der Waals surface area contributed by atoms with E-state index in [1.807, 2.05) is 0 Å². The second-order valence-corrected chi connectivity index (χ2v) is 32.8. The summed E-state index contributed by atoms with van der Waals surface area (Å²) in [5.41, 5.74) is 9.14. The molecule has 3 aliphatic heterocycles. The average molecular weight is 2030 g/mol. The zero-order valence-electron chi connectivity index (χ0n) is 79.9. The molecule has 0 bridgehead atoms. The Kier molecular flexibility index (Phi) is 64.3. The summed E-state index contributed by atoms with van der Waals surface area (Å²) in [7, 11) is 0. The quantitative estimate of drug-likeness (QED) is 0.0108. The Morgan fingerprint density at radius 3 is 0.872 bits per heavy atom. The van der Waals surface area contributed by atoms with Crippen LogP contribution < -0.4 is 37.2 Å². The number of aliphatic hydroxyl groups excluding tert-OH is 12. The van der Waals surface area contributed by atoms with Crippen LogP contribution in [0.2, 0.25) is 0 Å². The first-order valence-electron chi connectivity index (χ1n) is 47.7. The summed E-state index contributed by atoms with van der Waals surface area (Å²) in [6.07, 6.45) is -11.5. The van der Waals surface area contributed by atoms with Crippen molar-refractivity contribution in [2.45, 2.75) is 220 Å². The van der Waals surface area contributed by atoms with Gasteiger partial charge in [-0.15, -0.1) is 15.3 Å². The van der Waals surface area contributed by atoms with E-state index in [1.54, 1.807) is 32.6 Å². The summed E-state index contributed by atoms with van der Waals surface area (Å²) in [6, 6.07) is 0. The van der Waals surface area contributed by atoms with Crippen LogP contribution in [0.3, 0.4) is 0 Å². The van der Waals surface area contributed by atoms with Crippen molar-refractivity contribution in [3.63, 3.8) is 0 Å². The van der Waals surface area contributed by atoms with Gasteiger partial charge in [0.2, 0.25) is 41.4 Å². The molecule has 3 aromatic heterocycles. The van der Waals surface area contributed by atoms with Gasteiger partial charge in [-0.1, -0.05) is 27.2 Å². The first-order valence-corrected chi connectivity index (χ1v) is 47.7. The van der Waals surface area contributed by atoms with Crippen LogP contribution in [0, 0.1) is 0 Å². The largest absolute Gasteiger partial charge is 0.394 e. The predicted molar refractivity (Wildman–Crippen MR) is 483 cm³/mol. The zero-order valence-corrected chi connectivity index (χ0v) is 79.9. The number of amides is 7. The van der Waals surface area contributed by atoms with Crippen LogP contribution in [-0.2, 0) is 158 Å². The summed E-state index contributed by atoms with van der Waals surface area (Å²) in [6.45, 7) is 4.90. The highest BCUT2D eigenvalue weighted by Gasteiger charge is 2.47. The van der Waals surface area contributed by atoms with E-state index in [2.05, 4.69) is 78.2 Å². The van der Waals surface area contributed by atoms with Crippen molar-refractivity contribution in [2.24, 2.45) is 5.11 Å². The Hall–Kier alpha value is -8.18. The molecule has 3 aromatic rings. The molecule has 56 nitrogen and oxygen atoms in total. The van der Waals surface area contributed by atoms with Crippen LogP contribution in [0.5, 0.6) is 0 Å². The maximum Gasteiger partial charge on any atom is 0.222 e. The third-order valence-corrected chi connectivity index (χ3v) is 21.5. The lowest BCUT2D eigenvalue weighted by Gasteiger charge is -2.39. The molecule has 3 aliphatic rings. The lowest BCUT2D eigenvalue weighted by Crippen LogP contribution is -2.59. The number of nitrogens with zero attached hydrogens (tertiary/aromatic N) is 12. The highest BCUT2D eigenvalue weighted by atomic mass is 16.7. The first kappa shape index (κ1) is 122. The van der Waals surface area contributed by atoms with E-state index in [9.17, 15) is 94.8 Å². The molecule has 56 heteroatoms. The molecular formula is C85H149N19O37. The fourth-order valence-electron chi connectivity index (χ4n) is 13.5. The van der Waals surface area contributed by atoms with E-state index in [4.69, 9.17) is 90.8 Å². The Balaban J connectivity index is 0.853. The van der Waals surface area contributed by atoms with Crippen LogP contribution in [0.25, 0.3) is 10.4 Å². The van der Waals surface area contributed by atoms with Crippen LogP contribution in [0.1, 0.15) is 101 Å². The second kappa shape index (κ2) is 74.7. The van der Waals surface area contributed by atoms with E-state index in [0.29, 0.717) is 154 Å². The van der Waals surface area contributed by atoms with Crippen LogP contribution in [0.15, 0.2) is 23.7 Å². The third-order valence-electron chi connectivity index (χ3n) is 21.5. The van der Waals surface area contributed by atoms with Gasteiger partial charge in [0.05, 0.1) is 235 Å². The van der Waals surface area contributed by atoms with Gasteiger partial charge in [0.1, 0.15) is 78.8 Å². The number of hydrogen-bond acceptors (Lipinski definition) is 44. The lowest BCUT2D eigenvalue weighted by molar-refractivity contribution is -0.302. The molecule has 3 fully saturated rings. The van der Waals surface area contributed by atoms with E-state index >= 15 is 0 Å². The fraction of sp³-hybridized carbons (Fsp3) is 0.847. The van der Waals surface area contributed by atoms with Crippen LogP contribution in [-0.4, -0.2) is 489 Å². The van der Waals surface area contributed by atoms with Gasteiger partial charge in [0, 0.05) is 134 Å². The van der Waals surface area contributed by atoms with Crippen molar-refractivity contribution >= 4 is 41.4 Å². The van der Waals surface area contributed by atoms with Gasteiger partial charge in [0.15, 0.2) is 18.9 Å². The lowest BCUT2D eigenvalue weighted by atomic mass is 9.99. The summed E-state index contributed by atoms with van der Waals surface area (Å²) in [4.78, 5) is 94.2. The number of aromatic nitrogens is 9. The predicted octanol–water partition coefficient (Wildman–Crippen LogP) is -8.93. The number of ether oxygens (including phenoxy) is 18. The van der Waals surface area contributed by atoms with Crippen molar-refractivity contribution < 1.29 is 180 Å². The van der Waals surface area contributed by atoms with Crippen molar-refractivity contribution in [1.29, 1.82) is 0 Å². The molecule has 0 saturated carbocycles. The minimum absolute atomic E-state index is 0.0136. The normalized spacial score (nSPS) is 21.7. The standard InChI is InChI=1S/C85H149N19O37/c86-98-93-23-3-1-2-7-72(114)94-85(57-133-27-14-69(111)90-20-4-17-87-66(108)11-8-60-51-102(99-95-60)24-30-124-33-36-127-39-42-130-45-48-136-82-79(121)76(118)73(115)63(54-105)139-82,58-134-28-15-70(112)91-21-5-18-88-67(109)12-9-61-52-103(100-96-61)25-31-125-34-37-128-40-43-131-46-49-137-83-80(122)77(119)74(116)64(55-106)140-83)59-135-29-16-71(113)92-22-6-19-89-68(110)13-10-62-53-104(101-97-62)26-32-126-35-38-129-41-44-132-47-50-138-84-81(123)78(120)75(117)65(56-107)141-84/h51-53,63-65,73-84,105-107,115-123H,1-50,54-59H2,(H,87,108)(H,88,109)(H,89,110)(H,90,111)(H,91,112)(H,92,113)(H,94,114)/t63?,64?,65?,73-,74-,75-,76?,77?,78?,79?,80?,81?,82+,83+,84+,85?/m1/s1. The molecule has 0 aromatic carbocycles. The number of aryl methyl sites for hydroxylation is 3. The average Bonchev–Trinajstić information content (AvgIpc) is 1.42. The molecule has 0 aliphatic carbocycles. The summed E-state index contributed by atoms with van der Waals surface area (Å²) in [5.74, 6) is -2.17. The highest BCUT2D eigenvalue weighted by molar-refractivity contribution is 5.79. The van der Waals surface area contributed by atoms with E-state index in [0.717, 1.165) is 0 Å². The Bertz CT molecular complexity index is 3540. The van der Waals surface area contributed by atoms with E-state index in [1.165, 1.54) is 0 Å². The molecule has 141 heavy (non-hydrogen) atoms. The molecule has 3 saturated heterocycles. The Morgan fingerprint density at radius 1 is 0.326 bits per heavy atom. The first-order chi connectivity index (χ1) is 68.4. The Morgan fingerprint density at radius 2 is 0.596 bits per heavy atom. The maximum atomic E-state index is 13.8. The van der Waals surface area contributed by atoms with Crippen molar-refractivity contribution in [3.05, 3.63) is 46.1 Å². The topological polar surface area (TPSA) is 753 Å². The third kappa shape index (κ3) is 52.4. The van der Waals surface area contributed by atoms with Gasteiger partial charge in [0.25, 0.3) is 0 Å². The maximum absolute atomic E-state index is 13.8. The number of azide groups is 1. The van der Waals surface area contributed by atoms with Gasteiger partial charge in [-0.2, -0.15) is 0 Å². The summed E-state index contributed by atoms with van der Waals surface area (Å²) < 4.78 is 105.